The zero-order chi connectivity index (χ0) is 15.8. The van der Waals surface area contributed by atoms with Gasteiger partial charge in [0.25, 0.3) is 5.91 Å². The molecule has 1 amide bonds. The highest BCUT2D eigenvalue weighted by molar-refractivity contribution is 6.32. The number of halogens is 1. The molecule has 5 heteroatoms. The summed E-state index contributed by atoms with van der Waals surface area (Å²) in [6.07, 6.45) is 2.40. The molecule has 0 spiro atoms. The normalized spacial score (nSPS) is 13.6. The van der Waals surface area contributed by atoms with Crippen LogP contribution in [0.25, 0.3) is 0 Å². The predicted octanol–water partition coefficient (Wildman–Crippen LogP) is 3.05. The summed E-state index contributed by atoms with van der Waals surface area (Å²) < 4.78 is 5.65. The van der Waals surface area contributed by atoms with E-state index >= 15 is 0 Å². The Morgan fingerprint density at radius 2 is 2.19 bits per heavy atom. The molecular weight excluding hydrogens is 288 g/mol. The number of carbonyl (C=O) groups excluding carboxylic acids is 1. The smallest absolute Gasteiger partial charge is 0.261 e. The first-order valence-electron chi connectivity index (χ1n) is 7.41. The van der Waals surface area contributed by atoms with Crippen LogP contribution in [0.5, 0.6) is 5.75 Å². The van der Waals surface area contributed by atoms with Crippen LogP contribution in [0.3, 0.4) is 0 Å². The predicted molar refractivity (Wildman–Crippen MR) is 86.8 cm³/mol. The van der Waals surface area contributed by atoms with Crippen molar-refractivity contribution in [1.29, 1.82) is 0 Å². The van der Waals surface area contributed by atoms with Crippen molar-refractivity contribution in [2.45, 2.75) is 52.2 Å². The molecule has 0 bridgehead atoms. The van der Waals surface area contributed by atoms with E-state index in [0.717, 1.165) is 24.8 Å². The molecule has 0 fully saturated rings. The van der Waals surface area contributed by atoms with Gasteiger partial charge < -0.3 is 15.8 Å². The van der Waals surface area contributed by atoms with Crippen molar-refractivity contribution >= 4 is 17.5 Å². The van der Waals surface area contributed by atoms with Crippen LogP contribution in [0.1, 0.15) is 38.7 Å². The zero-order valence-corrected chi connectivity index (χ0v) is 13.7. The maximum atomic E-state index is 12.1. The minimum Gasteiger partial charge on any atom is -0.479 e. The summed E-state index contributed by atoms with van der Waals surface area (Å²) in [5.41, 5.74) is 6.71. The highest BCUT2D eigenvalue weighted by Crippen LogP contribution is 2.26. The van der Waals surface area contributed by atoms with Gasteiger partial charge in [0.05, 0.1) is 5.02 Å². The lowest BCUT2D eigenvalue weighted by atomic mass is 10.1. The van der Waals surface area contributed by atoms with Crippen LogP contribution >= 0.6 is 11.6 Å². The fourth-order valence-corrected chi connectivity index (χ4v) is 2.12. The fourth-order valence-electron chi connectivity index (χ4n) is 1.96. The Hall–Kier alpha value is -1.26. The highest BCUT2D eigenvalue weighted by atomic mass is 35.5. The van der Waals surface area contributed by atoms with Crippen LogP contribution in [0.15, 0.2) is 18.2 Å². The lowest BCUT2D eigenvalue weighted by molar-refractivity contribution is -0.128. The second kappa shape index (κ2) is 8.90. The van der Waals surface area contributed by atoms with Gasteiger partial charge in [0, 0.05) is 12.6 Å². The molecule has 4 nitrogen and oxygen atoms in total. The molecule has 1 rings (SSSR count). The summed E-state index contributed by atoms with van der Waals surface area (Å²) in [6.45, 7) is 6.20. The third-order valence-corrected chi connectivity index (χ3v) is 3.61. The van der Waals surface area contributed by atoms with E-state index in [-0.39, 0.29) is 11.9 Å². The Morgan fingerprint density at radius 1 is 1.48 bits per heavy atom. The summed E-state index contributed by atoms with van der Waals surface area (Å²) in [7, 11) is 0. The number of hydrogen-bond acceptors (Lipinski definition) is 3. The molecule has 0 aliphatic carbocycles. The quantitative estimate of drug-likeness (QED) is 0.775. The first-order valence-corrected chi connectivity index (χ1v) is 7.79. The monoisotopic (exact) mass is 312 g/mol. The maximum absolute atomic E-state index is 12.1. The van der Waals surface area contributed by atoms with Gasteiger partial charge in [-0.05, 0) is 38.0 Å². The number of carbonyl (C=O) groups is 1. The van der Waals surface area contributed by atoms with Gasteiger partial charge in [0.2, 0.25) is 0 Å². The van der Waals surface area contributed by atoms with Gasteiger partial charge in [-0.25, -0.2) is 0 Å². The lowest BCUT2D eigenvalue weighted by Gasteiger charge is -2.21. The lowest BCUT2D eigenvalue weighted by Crippen LogP contribution is -2.45. The van der Waals surface area contributed by atoms with Crippen molar-refractivity contribution in [2.75, 3.05) is 6.54 Å². The van der Waals surface area contributed by atoms with E-state index in [0.29, 0.717) is 17.3 Å². The minimum absolute atomic E-state index is 0.00326. The number of hydrogen-bond donors (Lipinski definition) is 2. The molecule has 1 aromatic rings. The number of nitrogens with two attached hydrogens (primary N) is 1. The number of aryl methyl sites for hydroxylation is 1. The molecule has 0 saturated carbocycles. The zero-order valence-electron chi connectivity index (χ0n) is 13.0. The Kier molecular flexibility index (Phi) is 7.54. The van der Waals surface area contributed by atoms with Gasteiger partial charge in [0.1, 0.15) is 5.75 Å². The molecule has 2 unspecified atom stereocenters. The molecular formula is C16H25ClN2O2. The minimum atomic E-state index is -0.611. The topological polar surface area (TPSA) is 64.3 Å². The van der Waals surface area contributed by atoms with E-state index in [1.807, 2.05) is 19.1 Å². The molecule has 2 atom stereocenters. The van der Waals surface area contributed by atoms with E-state index in [1.54, 1.807) is 13.0 Å². The second-order valence-electron chi connectivity index (χ2n) is 5.28. The van der Waals surface area contributed by atoms with E-state index in [1.165, 1.54) is 0 Å². The van der Waals surface area contributed by atoms with E-state index in [4.69, 9.17) is 22.1 Å². The van der Waals surface area contributed by atoms with Crippen molar-refractivity contribution < 1.29 is 9.53 Å². The molecule has 0 aromatic heterocycles. The molecule has 21 heavy (non-hydrogen) atoms. The van der Waals surface area contributed by atoms with Crippen LogP contribution in [0.2, 0.25) is 5.02 Å². The Morgan fingerprint density at radius 3 is 2.81 bits per heavy atom. The molecule has 0 radical (unpaired) electrons. The maximum Gasteiger partial charge on any atom is 0.261 e. The first kappa shape index (κ1) is 17.8. The summed E-state index contributed by atoms with van der Waals surface area (Å²) in [5.74, 6) is 0.358. The number of unbranched alkanes of at least 4 members (excludes halogenated alkanes) is 1. The molecule has 0 aliphatic heterocycles. The Balaban J connectivity index is 2.59. The van der Waals surface area contributed by atoms with Gasteiger partial charge in [0.15, 0.2) is 6.10 Å². The van der Waals surface area contributed by atoms with Crippen LogP contribution < -0.4 is 15.8 Å². The number of ether oxygens (including phenoxy) is 1. The number of rotatable bonds is 8. The van der Waals surface area contributed by atoms with Crippen LogP contribution in [-0.2, 0) is 4.79 Å². The van der Waals surface area contributed by atoms with Crippen molar-refractivity contribution in [3.05, 3.63) is 28.8 Å². The Labute approximate surface area is 132 Å². The molecule has 0 heterocycles. The molecule has 3 N–H and O–H groups in total. The van der Waals surface area contributed by atoms with Gasteiger partial charge in [-0.1, -0.05) is 37.4 Å². The summed E-state index contributed by atoms with van der Waals surface area (Å²) >= 11 is 6.07. The molecule has 0 aliphatic rings. The summed E-state index contributed by atoms with van der Waals surface area (Å²) in [6, 6.07) is 5.48. The summed E-state index contributed by atoms with van der Waals surface area (Å²) in [4.78, 5) is 12.1. The summed E-state index contributed by atoms with van der Waals surface area (Å²) in [5, 5.41) is 3.43. The third kappa shape index (κ3) is 5.94. The van der Waals surface area contributed by atoms with Crippen molar-refractivity contribution in [2.24, 2.45) is 5.73 Å². The average Bonchev–Trinajstić information content (AvgIpc) is 2.46. The van der Waals surface area contributed by atoms with Gasteiger partial charge in [-0.2, -0.15) is 0 Å². The second-order valence-corrected chi connectivity index (χ2v) is 5.68. The Bertz CT molecular complexity index is 466. The van der Waals surface area contributed by atoms with Gasteiger partial charge >= 0.3 is 0 Å². The van der Waals surface area contributed by atoms with Crippen molar-refractivity contribution in [3.63, 3.8) is 0 Å². The standard InChI is InChI=1S/C16H25ClN2O2/c1-4-5-6-13(10-18)19-16(20)12(3)21-15-9-11(2)7-8-14(15)17/h7-9,12-13H,4-6,10,18H2,1-3H3,(H,19,20). The average molecular weight is 313 g/mol. The highest BCUT2D eigenvalue weighted by Gasteiger charge is 2.19. The van der Waals surface area contributed by atoms with Crippen LogP contribution in [0.4, 0.5) is 0 Å². The van der Waals surface area contributed by atoms with E-state index < -0.39 is 6.10 Å². The number of nitrogens with one attached hydrogen (secondary N) is 1. The first-order chi connectivity index (χ1) is 9.97. The van der Waals surface area contributed by atoms with Gasteiger partial charge in [-0.15, -0.1) is 0 Å². The van der Waals surface area contributed by atoms with Crippen LogP contribution in [0, 0.1) is 6.92 Å². The van der Waals surface area contributed by atoms with Crippen molar-refractivity contribution in [3.8, 4) is 5.75 Å². The molecule has 118 valence electrons. The van der Waals surface area contributed by atoms with Crippen LogP contribution in [-0.4, -0.2) is 24.6 Å². The third-order valence-electron chi connectivity index (χ3n) is 3.30. The molecule has 1 aromatic carbocycles. The molecule has 0 saturated heterocycles. The van der Waals surface area contributed by atoms with Gasteiger partial charge in [-0.3, -0.25) is 4.79 Å². The van der Waals surface area contributed by atoms with Crippen molar-refractivity contribution in [1.82, 2.24) is 5.32 Å². The number of benzene rings is 1. The SMILES string of the molecule is CCCCC(CN)NC(=O)C(C)Oc1cc(C)ccc1Cl. The fraction of sp³-hybridized carbons (Fsp3) is 0.562. The largest absolute Gasteiger partial charge is 0.479 e. The number of amides is 1. The van der Waals surface area contributed by atoms with E-state index in [9.17, 15) is 4.79 Å². The van der Waals surface area contributed by atoms with E-state index in [2.05, 4.69) is 12.2 Å².